The largest absolute Gasteiger partial charge is 0.496 e. The van der Waals surface area contributed by atoms with Crippen LogP contribution in [0.2, 0.25) is 0 Å². The lowest BCUT2D eigenvalue weighted by Crippen LogP contribution is -2.39. The molecule has 7 nitrogen and oxygen atoms in total. The van der Waals surface area contributed by atoms with Crippen LogP contribution >= 0.6 is 0 Å². The molecule has 1 fully saturated rings. The van der Waals surface area contributed by atoms with E-state index in [1.165, 1.54) is 13.2 Å². The van der Waals surface area contributed by atoms with Crippen LogP contribution in [0.25, 0.3) is 10.9 Å². The molecule has 1 aliphatic carbocycles. The lowest BCUT2D eigenvalue weighted by Gasteiger charge is -2.26. The maximum absolute atomic E-state index is 13.4. The van der Waals surface area contributed by atoms with E-state index in [0.29, 0.717) is 35.1 Å². The molecule has 0 aliphatic heterocycles. The number of pyridine rings is 1. The highest BCUT2D eigenvalue weighted by Gasteiger charge is 2.54. The number of amides is 1. The van der Waals surface area contributed by atoms with Crippen LogP contribution in [0.1, 0.15) is 37.8 Å². The first-order chi connectivity index (χ1) is 15.1. The number of carbonyl (C=O) groups is 1. The number of fused-ring (bicyclic) bond motifs is 1. The van der Waals surface area contributed by atoms with Gasteiger partial charge in [-0.15, -0.1) is 0 Å². The molecular formula is C24H26N2O5S. The van der Waals surface area contributed by atoms with Gasteiger partial charge in [0.25, 0.3) is 10.0 Å². The molecule has 1 aliphatic rings. The van der Waals surface area contributed by atoms with Crippen molar-refractivity contribution in [2.24, 2.45) is 0 Å². The second-order valence-electron chi connectivity index (χ2n) is 8.47. The molecule has 0 saturated heterocycles. The number of benzene rings is 2. The molecule has 32 heavy (non-hydrogen) atoms. The Hall–Kier alpha value is -2.97. The number of hydrogen-bond donors (Lipinski definition) is 1. The summed E-state index contributed by atoms with van der Waals surface area (Å²) in [6, 6.07) is 13.7. The van der Waals surface area contributed by atoms with Gasteiger partial charge < -0.3 is 9.47 Å². The minimum atomic E-state index is -4.11. The van der Waals surface area contributed by atoms with Crippen molar-refractivity contribution in [2.45, 2.75) is 42.6 Å². The maximum Gasteiger partial charge on any atom is 0.264 e. The fraction of sp³-hybridized carbons (Fsp3) is 0.333. The summed E-state index contributed by atoms with van der Waals surface area (Å²) in [6.45, 7) is 3.86. The van der Waals surface area contributed by atoms with Crippen molar-refractivity contribution in [3.05, 3.63) is 65.9 Å². The van der Waals surface area contributed by atoms with Crippen LogP contribution in [0, 0.1) is 0 Å². The molecule has 4 rings (SSSR count). The highest BCUT2D eigenvalue weighted by atomic mass is 32.2. The number of nitrogens with one attached hydrogen (secondary N) is 1. The van der Waals surface area contributed by atoms with Gasteiger partial charge in [0.2, 0.25) is 5.91 Å². The van der Waals surface area contributed by atoms with Gasteiger partial charge in [-0.1, -0.05) is 12.1 Å². The van der Waals surface area contributed by atoms with Gasteiger partial charge >= 0.3 is 0 Å². The van der Waals surface area contributed by atoms with Crippen LogP contribution in [0.3, 0.4) is 0 Å². The summed E-state index contributed by atoms with van der Waals surface area (Å²) < 4.78 is 39.8. The van der Waals surface area contributed by atoms with E-state index in [1.54, 1.807) is 43.6 Å². The van der Waals surface area contributed by atoms with Gasteiger partial charge in [-0.25, -0.2) is 13.1 Å². The molecule has 0 unspecified atom stereocenters. The Morgan fingerprint density at radius 2 is 1.84 bits per heavy atom. The van der Waals surface area contributed by atoms with Crippen molar-refractivity contribution in [1.29, 1.82) is 0 Å². The minimum absolute atomic E-state index is 0.0217. The Kier molecular flexibility index (Phi) is 5.46. The van der Waals surface area contributed by atoms with E-state index in [4.69, 9.17) is 9.47 Å². The molecule has 0 radical (unpaired) electrons. The number of carbonyl (C=O) groups excluding carboxylic acids is 1. The van der Waals surface area contributed by atoms with Gasteiger partial charge in [0, 0.05) is 24.3 Å². The molecule has 1 N–H and O–H groups in total. The van der Waals surface area contributed by atoms with Crippen molar-refractivity contribution in [2.75, 3.05) is 14.2 Å². The monoisotopic (exact) mass is 454 g/mol. The standard InChI is InChI=1S/C24H26N2O5S/c1-23(2,31-4)16-10-11-20(30-3)18(15-16)24(12-13-24)22(27)26-32(28,29)21-9-5-8-19-17(21)7-6-14-25-19/h5-11,14-15H,12-13H2,1-4H3,(H,26,27). The van der Waals surface area contributed by atoms with Crippen LogP contribution in [0.5, 0.6) is 5.75 Å². The smallest absolute Gasteiger partial charge is 0.264 e. The normalized spacial score (nSPS) is 15.4. The Bertz CT molecular complexity index is 1290. The molecule has 1 aromatic heterocycles. The van der Waals surface area contributed by atoms with E-state index in [2.05, 4.69) is 9.71 Å². The van der Waals surface area contributed by atoms with Crippen molar-refractivity contribution < 1.29 is 22.7 Å². The average Bonchev–Trinajstić information content (AvgIpc) is 3.60. The zero-order valence-corrected chi connectivity index (χ0v) is 19.3. The topological polar surface area (TPSA) is 94.6 Å². The fourth-order valence-corrected chi connectivity index (χ4v) is 5.17. The summed E-state index contributed by atoms with van der Waals surface area (Å²) in [5.41, 5.74) is 0.532. The maximum atomic E-state index is 13.4. The Morgan fingerprint density at radius 3 is 2.50 bits per heavy atom. The lowest BCUT2D eigenvalue weighted by atomic mass is 9.88. The van der Waals surface area contributed by atoms with Crippen LogP contribution in [0.15, 0.2) is 59.6 Å². The van der Waals surface area contributed by atoms with E-state index in [9.17, 15) is 13.2 Å². The van der Waals surface area contributed by atoms with Crippen molar-refractivity contribution in [3.8, 4) is 5.75 Å². The number of methoxy groups -OCH3 is 2. The van der Waals surface area contributed by atoms with Crippen LogP contribution in [-0.4, -0.2) is 33.5 Å². The SMILES string of the molecule is COc1ccc(C(C)(C)OC)cc1C1(C(=O)NS(=O)(=O)c2cccc3ncccc23)CC1. The third-order valence-electron chi connectivity index (χ3n) is 6.23. The van der Waals surface area contributed by atoms with Gasteiger partial charge in [0.1, 0.15) is 5.75 Å². The van der Waals surface area contributed by atoms with E-state index in [0.717, 1.165) is 5.56 Å². The number of aromatic nitrogens is 1. The summed E-state index contributed by atoms with van der Waals surface area (Å²) >= 11 is 0. The third kappa shape index (κ3) is 3.73. The molecule has 2 aromatic carbocycles. The summed E-state index contributed by atoms with van der Waals surface area (Å²) in [5, 5.41) is 0.460. The van der Waals surface area contributed by atoms with Crippen LogP contribution in [0.4, 0.5) is 0 Å². The Labute approximate surface area is 187 Å². The fourth-order valence-electron chi connectivity index (χ4n) is 3.90. The number of hydrogen-bond acceptors (Lipinski definition) is 6. The Morgan fingerprint density at radius 1 is 1.09 bits per heavy atom. The van der Waals surface area contributed by atoms with Gasteiger partial charge in [0.15, 0.2) is 0 Å². The van der Waals surface area contributed by atoms with E-state index in [-0.39, 0.29) is 4.90 Å². The zero-order valence-electron chi connectivity index (χ0n) is 18.5. The van der Waals surface area contributed by atoms with Gasteiger partial charge in [-0.05, 0) is 68.7 Å². The molecule has 1 amide bonds. The first-order valence-electron chi connectivity index (χ1n) is 10.3. The lowest BCUT2D eigenvalue weighted by molar-refractivity contribution is -0.121. The molecule has 0 atom stereocenters. The quantitative estimate of drug-likeness (QED) is 0.586. The third-order valence-corrected chi connectivity index (χ3v) is 7.62. The van der Waals surface area contributed by atoms with Crippen LogP contribution < -0.4 is 9.46 Å². The van der Waals surface area contributed by atoms with Crippen molar-refractivity contribution >= 4 is 26.8 Å². The first-order valence-corrected chi connectivity index (χ1v) is 11.8. The molecule has 168 valence electrons. The number of nitrogens with zero attached hydrogens (tertiary/aromatic N) is 1. The second kappa shape index (κ2) is 7.86. The number of ether oxygens (including phenoxy) is 2. The van der Waals surface area contributed by atoms with E-state index < -0.39 is 26.9 Å². The Balaban J connectivity index is 1.72. The number of rotatable bonds is 7. The summed E-state index contributed by atoms with van der Waals surface area (Å²) in [5.74, 6) is -0.0240. The van der Waals surface area contributed by atoms with Crippen molar-refractivity contribution in [1.82, 2.24) is 9.71 Å². The highest BCUT2D eigenvalue weighted by molar-refractivity contribution is 7.90. The molecular weight excluding hydrogens is 428 g/mol. The minimum Gasteiger partial charge on any atom is -0.496 e. The summed E-state index contributed by atoms with van der Waals surface area (Å²) in [4.78, 5) is 17.6. The zero-order chi connectivity index (χ0) is 23.1. The summed E-state index contributed by atoms with van der Waals surface area (Å²) in [6.07, 6.45) is 2.65. The van der Waals surface area contributed by atoms with E-state index in [1.807, 2.05) is 26.0 Å². The molecule has 0 spiro atoms. The van der Waals surface area contributed by atoms with E-state index >= 15 is 0 Å². The predicted octanol–water partition coefficient (Wildman–Crippen LogP) is 3.66. The van der Waals surface area contributed by atoms with Crippen molar-refractivity contribution in [3.63, 3.8) is 0 Å². The molecule has 0 bridgehead atoms. The van der Waals surface area contributed by atoms with Gasteiger partial charge in [-0.3, -0.25) is 9.78 Å². The summed E-state index contributed by atoms with van der Waals surface area (Å²) in [7, 11) is -0.949. The average molecular weight is 455 g/mol. The molecule has 1 heterocycles. The molecule has 8 heteroatoms. The van der Waals surface area contributed by atoms with Gasteiger partial charge in [0.05, 0.1) is 28.5 Å². The predicted molar refractivity (Wildman–Crippen MR) is 121 cm³/mol. The van der Waals surface area contributed by atoms with Gasteiger partial charge in [-0.2, -0.15) is 0 Å². The second-order valence-corrected chi connectivity index (χ2v) is 10.1. The molecule has 1 saturated carbocycles. The number of sulfonamides is 1. The molecule has 3 aromatic rings. The highest BCUT2D eigenvalue weighted by Crippen LogP contribution is 2.52. The van der Waals surface area contributed by atoms with Crippen LogP contribution in [-0.2, 0) is 30.6 Å². The first kappa shape index (κ1) is 22.2.